The molecule has 0 bridgehead atoms. The molecule has 2 N–H and O–H groups in total. The first-order valence-electron chi connectivity index (χ1n) is 10.1. The molecule has 1 heterocycles. The quantitative estimate of drug-likeness (QED) is 0.349. The van der Waals surface area contributed by atoms with Crippen molar-refractivity contribution in [3.63, 3.8) is 0 Å². The van der Waals surface area contributed by atoms with Gasteiger partial charge in [0.15, 0.2) is 11.6 Å². The van der Waals surface area contributed by atoms with E-state index in [1.54, 1.807) is 6.92 Å². The molecule has 0 saturated heterocycles. The van der Waals surface area contributed by atoms with Crippen molar-refractivity contribution in [1.29, 1.82) is 0 Å². The van der Waals surface area contributed by atoms with Crippen molar-refractivity contribution < 1.29 is 36.3 Å². The van der Waals surface area contributed by atoms with Crippen LogP contribution in [-0.2, 0) is 16.6 Å². The molecule has 0 aliphatic rings. The average Bonchev–Trinajstić information content (AvgIpc) is 3.21. The van der Waals surface area contributed by atoms with Gasteiger partial charge in [0.2, 0.25) is 5.89 Å². The van der Waals surface area contributed by atoms with Crippen LogP contribution in [0.2, 0.25) is 0 Å². The van der Waals surface area contributed by atoms with E-state index in [9.17, 15) is 27.1 Å². The number of nitrogens with zero attached hydrogens (tertiary/aromatic N) is 1. The summed E-state index contributed by atoms with van der Waals surface area (Å²) in [5.41, 5.74) is 0.0514. The second kappa shape index (κ2) is 9.55. The van der Waals surface area contributed by atoms with Crippen LogP contribution < -0.4 is 9.46 Å². The third-order valence-corrected chi connectivity index (χ3v) is 6.34. The third kappa shape index (κ3) is 5.30. The predicted molar refractivity (Wildman–Crippen MR) is 122 cm³/mol. The normalized spacial score (nSPS) is 11.3. The molecule has 0 aliphatic carbocycles. The summed E-state index contributed by atoms with van der Waals surface area (Å²) in [5.74, 6) is -3.06. The molecule has 0 fully saturated rings. The van der Waals surface area contributed by atoms with Gasteiger partial charge < -0.3 is 14.3 Å². The summed E-state index contributed by atoms with van der Waals surface area (Å²) in [6.07, 6.45) is 0. The minimum Gasteiger partial charge on any atom is -0.487 e. The maximum absolute atomic E-state index is 13.6. The molecule has 35 heavy (non-hydrogen) atoms. The van der Waals surface area contributed by atoms with Crippen molar-refractivity contribution in [1.82, 2.24) is 4.98 Å². The zero-order valence-electron chi connectivity index (χ0n) is 18.2. The lowest BCUT2D eigenvalue weighted by Crippen LogP contribution is -2.16. The molecule has 8 nitrogen and oxygen atoms in total. The fourth-order valence-electron chi connectivity index (χ4n) is 3.14. The van der Waals surface area contributed by atoms with Gasteiger partial charge in [-0.15, -0.1) is 0 Å². The van der Waals surface area contributed by atoms with Gasteiger partial charge in [-0.1, -0.05) is 18.2 Å². The van der Waals surface area contributed by atoms with Crippen LogP contribution in [0.15, 0.2) is 76.0 Å². The fourth-order valence-corrected chi connectivity index (χ4v) is 4.22. The van der Waals surface area contributed by atoms with E-state index in [0.717, 1.165) is 5.56 Å². The molecule has 0 saturated carbocycles. The zero-order chi connectivity index (χ0) is 25.2. The molecule has 0 aliphatic heterocycles. The van der Waals surface area contributed by atoms with Gasteiger partial charge in [0, 0.05) is 11.6 Å². The molecular formula is C24H18F2N2O6S. The number of sulfonamides is 1. The highest BCUT2D eigenvalue weighted by Crippen LogP contribution is 2.26. The number of aromatic nitrogens is 1. The number of aromatic carboxylic acids is 1. The highest BCUT2D eigenvalue weighted by Gasteiger charge is 2.21. The van der Waals surface area contributed by atoms with Crippen LogP contribution in [0.4, 0.5) is 14.5 Å². The number of nitrogens with one attached hydrogen (secondary N) is 1. The number of anilines is 1. The highest BCUT2D eigenvalue weighted by atomic mass is 32.2. The molecule has 0 unspecified atom stereocenters. The maximum atomic E-state index is 13.6. The first kappa shape index (κ1) is 23.9. The minimum atomic E-state index is -4.30. The Kier molecular flexibility index (Phi) is 6.52. The Hall–Kier alpha value is -4.25. The Morgan fingerprint density at radius 3 is 2.37 bits per heavy atom. The van der Waals surface area contributed by atoms with Crippen molar-refractivity contribution in [3.8, 4) is 17.2 Å². The number of aryl methyl sites for hydroxylation is 1. The van der Waals surface area contributed by atoms with E-state index < -0.39 is 38.9 Å². The predicted octanol–water partition coefficient (Wildman–Crippen LogP) is 5.01. The van der Waals surface area contributed by atoms with Crippen LogP contribution >= 0.6 is 0 Å². The molecule has 0 spiro atoms. The Balaban J connectivity index is 1.47. The summed E-state index contributed by atoms with van der Waals surface area (Å²) < 4.78 is 65.6. The number of benzene rings is 3. The maximum Gasteiger partial charge on any atom is 0.337 e. The topological polar surface area (TPSA) is 119 Å². The van der Waals surface area contributed by atoms with Gasteiger partial charge in [0.1, 0.15) is 23.8 Å². The molecule has 180 valence electrons. The SMILES string of the molecule is Cc1oc(-c2ccccc2)nc1COc1ccc(S(=O)(=O)Nc2cc(F)c(F)cc2C(=O)O)cc1. The Morgan fingerprint density at radius 2 is 1.71 bits per heavy atom. The van der Waals surface area contributed by atoms with Gasteiger partial charge in [-0.2, -0.15) is 0 Å². The van der Waals surface area contributed by atoms with Crippen LogP contribution in [0, 0.1) is 18.6 Å². The number of hydrogen-bond acceptors (Lipinski definition) is 6. The number of ether oxygens (including phenoxy) is 1. The smallest absolute Gasteiger partial charge is 0.337 e. The summed E-state index contributed by atoms with van der Waals surface area (Å²) >= 11 is 0. The molecule has 0 atom stereocenters. The molecular weight excluding hydrogens is 482 g/mol. The number of carbonyl (C=O) groups is 1. The van der Waals surface area contributed by atoms with Crippen molar-refractivity contribution in [2.24, 2.45) is 0 Å². The molecule has 4 rings (SSSR count). The summed E-state index contributed by atoms with van der Waals surface area (Å²) in [6.45, 7) is 1.83. The van der Waals surface area contributed by atoms with E-state index in [4.69, 9.17) is 9.15 Å². The standard InChI is InChI=1S/C24H18F2N2O6S/c1-14-22(27-23(34-14)15-5-3-2-4-6-15)13-33-16-7-9-17(10-8-16)35(31,32)28-21-12-20(26)19(25)11-18(21)24(29)30/h2-12,28H,13H2,1H3,(H,29,30). The van der Waals surface area contributed by atoms with E-state index in [1.165, 1.54) is 24.3 Å². The van der Waals surface area contributed by atoms with Crippen LogP contribution in [0.5, 0.6) is 5.75 Å². The molecule has 0 radical (unpaired) electrons. The van der Waals surface area contributed by atoms with Crippen LogP contribution in [0.3, 0.4) is 0 Å². The van der Waals surface area contributed by atoms with Gasteiger partial charge in [-0.3, -0.25) is 4.72 Å². The van der Waals surface area contributed by atoms with Crippen LogP contribution in [-0.4, -0.2) is 24.5 Å². The fraction of sp³-hybridized carbons (Fsp3) is 0.0833. The van der Waals surface area contributed by atoms with Crippen LogP contribution in [0.25, 0.3) is 11.5 Å². The number of carboxylic acid groups (broad SMARTS) is 1. The molecule has 4 aromatic rings. The first-order chi connectivity index (χ1) is 16.6. The summed E-state index contributed by atoms with van der Waals surface area (Å²) in [7, 11) is -4.30. The second-order valence-electron chi connectivity index (χ2n) is 7.37. The first-order valence-corrected chi connectivity index (χ1v) is 11.6. The van der Waals surface area contributed by atoms with Gasteiger partial charge in [0.05, 0.1) is 16.1 Å². The Labute approximate surface area is 198 Å². The molecule has 11 heteroatoms. The lowest BCUT2D eigenvalue weighted by Gasteiger charge is -2.12. The average molecular weight is 500 g/mol. The Morgan fingerprint density at radius 1 is 1.06 bits per heavy atom. The summed E-state index contributed by atoms with van der Waals surface area (Å²) in [5, 5.41) is 9.17. The summed E-state index contributed by atoms with van der Waals surface area (Å²) in [4.78, 5) is 15.5. The highest BCUT2D eigenvalue weighted by molar-refractivity contribution is 7.92. The van der Waals surface area contributed by atoms with Crippen molar-refractivity contribution in [3.05, 3.63) is 95.4 Å². The number of carboxylic acids is 1. The minimum absolute atomic E-state index is 0.0728. The van der Waals surface area contributed by atoms with Gasteiger partial charge in [-0.05, 0) is 49.4 Å². The van der Waals surface area contributed by atoms with E-state index in [2.05, 4.69) is 4.98 Å². The lowest BCUT2D eigenvalue weighted by molar-refractivity contribution is 0.0697. The van der Waals surface area contributed by atoms with Crippen molar-refractivity contribution in [2.75, 3.05) is 4.72 Å². The van der Waals surface area contributed by atoms with Crippen molar-refractivity contribution in [2.45, 2.75) is 18.4 Å². The number of halogens is 2. The van der Waals surface area contributed by atoms with Crippen molar-refractivity contribution >= 4 is 21.7 Å². The number of oxazole rings is 1. The Bertz CT molecular complexity index is 1490. The van der Waals surface area contributed by atoms with E-state index in [-0.39, 0.29) is 11.5 Å². The largest absolute Gasteiger partial charge is 0.487 e. The third-order valence-electron chi connectivity index (χ3n) is 4.96. The van der Waals surface area contributed by atoms with Gasteiger partial charge >= 0.3 is 5.97 Å². The lowest BCUT2D eigenvalue weighted by atomic mass is 10.2. The van der Waals surface area contributed by atoms with E-state index in [1.807, 2.05) is 35.1 Å². The monoisotopic (exact) mass is 500 g/mol. The number of rotatable bonds is 8. The second-order valence-corrected chi connectivity index (χ2v) is 9.05. The molecule has 0 amide bonds. The van der Waals surface area contributed by atoms with Gasteiger partial charge in [0.25, 0.3) is 10.0 Å². The zero-order valence-corrected chi connectivity index (χ0v) is 19.0. The van der Waals surface area contributed by atoms with E-state index >= 15 is 0 Å². The summed E-state index contributed by atoms with van der Waals surface area (Å²) in [6, 6.07) is 15.5. The van der Waals surface area contributed by atoms with Crippen LogP contribution in [0.1, 0.15) is 21.8 Å². The van der Waals surface area contributed by atoms with E-state index in [0.29, 0.717) is 35.2 Å². The molecule has 1 aromatic heterocycles. The molecule has 3 aromatic carbocycles. The van der Waals surface area contributed by atoms with Gasteiger partial charge in [-0.25, -0.2) is 27.0 Å². The number of hydrogen-bond donors (Lipinski definition) is 2.